The quantitative estimate of drug-likeness (QED) is 0.0377. The molecule has 0 heterocycles. The van der Waals surface area contributed by atoms with Crippen LogP contribution in [0.15, 0.2) is 97.1 Å². The third kappa shape index (κ3) is 19.5. The zero-order valence-electron chi connectivity index (χ0n) is 47.3. The molecule has 386 valence electrons. The first-order valence-electron chi connectivity index (χ1n) is 29.4. The van der Waals surface area contributed by atoms with Gasteiger partial charge in [0, 0.05) is 0 Å². The molecule has 0 heteroatoms. The molecular weight excluding hydrogens is 865 g/mol. The second kappa shape index (κ2) is 32.3. The zero-order valence-corrected chi connectivity index (χ0v) is 47.3. The fourth-order valence-electron chi connectivity index (χ4n) is 10.6. The van der Waals surface area contributed by atoms with Crippen molar-refractivity contribution in [3.63, 3.8) is 0 Å². The second-order valence-electron chi connectivity index (χ2n) is 21.8. The molecule has 0 aliphatic rings. The molecule has 0 fully saturated rings. The monoisotopic (exact) mass is 963 g/mol. The number of rotatable bonds is 32. The lowest BCUT2D eigenvalue weighted by Gasteiger charge is -2.21. The van der Waals surface area contributed by atoms with E-state index in [1.54, 1.807) is 0 Å². The highest BCUT2D eigenvalue weighted by Gasteiger charge is 2.18. The largest absolute Gasteiger partial charge is 0.0654 e. The Balaban J connectivity index is 1.52. The van der Waals surface area contributed by atoms with Gasteiger partial charge in [-0.05, 0) is 130 Å². The summed E-state index contributed by atoms with van der Waals surface area (Å²) in [6.07, 6.45) is 43.9. The van der Waals surface area contributed by atoms with Crippen molar-refractivity contribution in [1.82, 2.24) is 0 Å². The Morgan fingerprint density at radius 3 is 0.694 bits per heavy atom. The molecule has 0 amide bonds. The van der Waals surface area contributed by atoms with E-state index in [1.807, 2.05) is 0 Å². The van der Waals surface area contributed by atoms with Crippen LogP contribution in [0.2, 0.25) is 0 Å². The van der Waals surface area contributed by atoms with Crippen LogP contribution >= 0.6 is 0 Å². The molecule has 0 saturated heterocycles. The minimum atomic E-state index is 0.692. The van der Waals surface area contributed by atoms with Gasteiger partial charge in [0.2, 0.25) is 0 Å². The lowest BCUT2D eigenvalue weighted by Crippen LogP contribution is -2.09. The Kier molecular flexibility index (Phi) is 26.0. The van der Waals surface area contributed by atoms with E-state index >= 15 is 0 Å². The summed E-state index contributed by atoms with van der Waals surface area (Å²) in [6.45, 7) is 23.2. The van der Waals surface area contributed by atoms with Crippen LogP contribution in [0.4, 0.5) is 0 Å². The first kappa shape index (κ1) is 58.0. The second-order valence-corrected chi connectivity index (χ2v) is 21.8. The SMILES string of the molecule is CCCCC(CC)Cc1cc(/C=C/c2ccc(/C=C/c3cc(CC(CC)CCCC)c(/C=C/c4ccc(C)cc4)cc3CC(CC)CCCC)cc2)c(CC(CC)CCCC)cc1/C=C/c1ccc(C)cc1. The Hall–Kier alpha value is -4.94. The van der Waals surface area contributed by atoms with Gasteiger partial charge in [-0.25, -0.2) is 0 Å². The molecule has 0 saturated carbocycles. The van der Waals surface area contributed by atoms with E-state index in [0.717, 1.165) is 25.7 Å². The summed E-state index contributed by atoms with van der Waals surface area (Å²) >= 11 is 0. The molecule has 0 spiro atoms. The van der Waals surface area contributed by atoms with E-state index in [1.165, 1.54) is 181 Å². The maximum Gasteiger partial charge on any atom is -0.0221 e. The van der Waals surface area contributed by atoms with Crippen LogP contribution in [0.3, 0.4) is 0 Å². The summed E-state index contributed by atoms with van der Waals surface area (Å²) < 4.78 is 0. The highest BCUT2D eigenvalue weighted by Crippen LogP contribution is 2.32. The standard InChI is InChI=1S/C72H98/c1-11-19-23-57(15-5)47-69-53-67(71(49-59(17-7)25-21-13-3)51-65(69)43-39-61-31-27-55(9)28-32-61)45-41-63-35-37-64(38-36-63)42-46-68-54-70(48-58(16-6)24-20-12-2)66(44-40-62-33-29-56(10)30-34-62)52-72(68)50-60(18-8)26-22-14-4/h27-46,51-54,57-60H,11-26,47-50H2,1-10H3/b43-39+,44-40+,45-41+,46-42+. The van der Waals surface area contributed by atoms with Crippen LogP contribution in [0.1, 0.15) is 236 Å². The summed E-state index contributed by atoms with van der Waals surface area (Å²) in [6, 6.07) is 37.5. The van der Waals surface area contributed by atoms with Gasteiger partial charge in [-0.3, -0.25) is 0 Å². The number of hydrogen-bond acceptors (Lipinski definition) is 0. The summed E-state index contributed by atoms with van der Waals surface area (Å²) in [5, 5.41) is 0. The third-order valence-electron chi connectivity index (χ3n) is 15.9. The van der Waals surface area contributed by atoms with Crippen LogP contribution < -0.4 is 0 Å². The highest BCUT2D eigenvalue weighted by molar-refractivity contribution is 5.79. The van der Waals surface area contributed by atoms with E-state index in [2.05, 4.69) is 215 Å². The lowest BCUT2D eigenvalue weighted by atomic mass is 9.84. The van der Waals surface area contributed by atoms with E-state index in [0.29, 0.717) is 23.7 Å². The van der Waals surface area contributed by atoms with Crippen molar-refractivity contribution in [2.75, 3.05) is 0 Å². The first-order chi connectivity index (χ1) is 35.1. The Morgan fingerprint density at radius 1 is 0.292 bits per heavy atom. The topological polar surface area (TPSA) is 0 Å². The van der Waals surface area contributed by atoms with Crippen molar-refractivity contribution >= 4 is 48.6 Å². The molecule has 72 heavy (non-hydrogen) atoms. The van der Waals surface area contributed by atoms with E-state index in [9.17, 15) is 0 Å². The predicted octanol–water partition coefficient (Wildman–Crippen LogP) is 22.0. The Labute approximate surface area is 442 Å². The maximum atomic E-state index is 2.58. The van der Waals surface area contributed by atoms with E-state index in [-0.39, 0.29) is 0 Å². The van der Waals surface area contributed by atoms with Gasteiger partial charge in [-0.15, -0.1) is 0 Å². The average molecular weight is 964 g/mol. The van der Waals surface area contributed by atoms with Crippen molar-refractivity contribution in [2.45, 2.75) is 198 Å². The molecule has 0 aliphatic heterocycles. The molecule has 0 radical (unpaired) electrons. The van der Waals surface area contributed by atoms with Gasteiger partial charge in [0.25, 0.3) is 0 Å². The number of unbranched alkanes of at least 4 members (excludes halogenated alkanes) is 4. The smallest absolute Gasteiger partial charge is 0.0221 e. The number of benzene rings is 5. The van der Waals surface area contributed by atoms with E-state index < -0.39 is 0 Å². The molecule has 0 nitrogen and oxygen atoms in total. The van der Waals surface area contributed by atoms with Gasteiger partial charge in [-0.1, -0.05) is 315 Å². The third-order valence-corrected chi connectivity index (χ3v) is 15.9. The molecule has 4 atom stereocenters. The van der Waals surface area contributed by atoms with Crippen molar-refractivity contribution in [3.8, 4) is 0 Å². The molecular formula is C72H98. The predicted molar refractivity (Wildman–Crippen MR) is 325 cm³/mol. The molecule has 0 bridgehead atoms. The fourth-order valence-corrected chi connectivity index (χ4v) is 10.6. The lowest BCUT2D eigenvalue weighted by molar-refractivity contribution is 0.446. The molecule has 0 aromatic heterocycles. The summed E-state index contributed by atoms with van der Waals surface area (Å²) in [5.74, 6) is 2.78. The van der Waals surface area contributed by atoms with Crippen molar-refractivity contribution in [1.29, 1.82) is 0 Å². The van der Waals surface area contributed by atoms with E-state index in [4.69, 9.17) is 0 Å². The summed E-state index contributed by atoms with van der Waals surface area (Å²) in [5.41, 5.74) is 19.2. The van der Waals surface area contributed by atoms with Gasteiger partial charge >= 0.3 is 0 Å². The molecule has 0 aliphatic carbocycles. The minimum absolute atomic E-state index is 0.692. The molecule has 5 rings (SSSR count). The molecule has 5 aromatic rings. The van der Waals surface area contributed by atoms with Gasteiger partial charge in [0.1, 0.15) is 0 Å². The van der Waals surface area contributed by atoms with Crippen molar-refractivity contribution in [2.24, 2.45) is 23.7 Å². The Morgan fingerprint density at radius 2 is 0.500 bits per heavy atom. The van der Waals surface area contributed by atoms with Crippen LogP contribution in [-0.4, -0.2) is 0 Å². The van der Waals surface area contributed by atoms with Crippen LogP contribution in [-0.2, 0) is 25.7 Å². The first-order valence-corrected chi connectivity index (χ1v) is 29.4. The van der Waals surface area contributed by atoms with Crippen LogP contribution in [0.25, 0.3) is 48.6 Å². The van der Waals surface area contributed by atoms with Gasteiger partial charge < -0.3 is 0 Å². The molecule has 5 aromatic carbocycles. The highest BCUT2D eigenvalue weighted by atomic mass is 14.2. The zero-order chi connectivity index (χ0) is 51.5. The normalized spacial score (nSPS) is 13.8. The minimum Gasteiger partial charge on any atom is -0.0654 e. The van der Waals surface area contributed by atoms with Crippen LogP contribution in [0, 0.1) is 37.5 Å². The van der Waals surface area contributed by atoms with Gasteiger partial charge in [0.05, 0.1) is 0 Å². The molecule has 0 N–H and O–H groups in total. The van der Waals surface area contributed by atoms with Crippen LogP contribution in [0.5, 0.6) is 0 Å². The number of aryl methyl sites for hydroxylation is 2. The van der Waals surface area contributed by atoms with Crippen molar-refractivity contribution in [3.05, 3.63) is 175 Å². The summed E-state index contributed by atoms with van der Waals surface area (Å²) in [4.78, 5) is 0. The Bertz CT molecular complexity index is 2240. The van der Waals surface area contributed by atoms with Crippen molar-refractivity contribution < 1.29 is 0 Å². The maximum absolute atomic E-state index is 2.58. The molecule has 4 unspecified atom stereocenters. The van der Waals surface area contributed by atoms with Gasteiger partial charge in [-0.2, -0.15) is 0 Å². The average Bonchev–Trinajstić information content (AvgIpc) is 3.40. The van der Waals surface area contributed by atoms with Gasteiger partial charge in [0.15, 0.2) is 0 Å². The fraction of sp³-hybridized carbons (Fsp3) is 0.472. The summed E-state index contributed by atoms with van der Waals surface area (Å²) in [7, 11) is 0. The number of hydrogen-bond donors (Lipinski definition) is 0.